The highest BCUT2D eigenvalue weighted by Crippen LogP contribution is 1.93. The Morgan fingerprint density at radius 2 is 2.15 bits per heavy atom. The fourth-order valence-electron chi connectivity index (χ4n) is 0.840. The highest BCUT2D eigenvalue weighted by Gasteiger charge is 2.10. The van der Waals surface area contributed by atoms with Crippen molar-refractivity contribution in [2.75, 3.05) is 32.6 Å². The van der Waals surface area contributed by atoms with E-state index in [9.17, 15) is 8.42 Å². The van der Waals surface area contributed by atoms with Crippen molar-refractivity contribution in [1.82, 2.24) is 4.72 Å². The fourth-order valence-corrected chi connectivity index (χ4v) is 1.83. The van der Waals surface area contributed by atoms with Gasteiger partial charge in [-0.25, -0.2) is 13.1 Å². The van der Waals surface area contributed by atoms with Crippen LogP contribution >= 0.6 is 0 Å². The first-order valence-corrected chi connectivity index (χ1v) is 5.83. The summed E-state index contributed by atoms with van der Waals surface area (Å²) in [5, 5.41) is 0. The summed E-state index contributed by atoms with van der Waals surface area (Å²) in [6.07, 6.45) is 0. The van der Waals surface area contributed by atoms with Gasteiger partial charge in [0.05, 0.1) is 5.75 Å². The normalized spacial score (nSPS) is 14.4. The Morgan fingerprint density at radius 3 is 2.62 bits per heavy atom. The van der Waals surface area contributed by atoms with Crippen LogP contribution in [0.1, 0.15) is 6.92 Å². The van der Waals surface area contributed by atoms with Gasteiger partial charge < -0.3 is 10.5 Å². The van der Waals surface area contributed by atoms with Gasteiger partial charge in [-0.3, -0.25) is 0 Å². The van der Waals surface area contributed by atoms with Crippen LogP contribution in [-0.2, 0) is 14.8 Å². The maximum absolute atomic E-state index is 11.1. The summed E-state index contributed by atoms with van der Waals surface area (Å²) in [5.74, 6) is 0.157. The van der Waals surface area contributed by atoms with Gasteiger partial charge in [0, 0.05) is 26.8 Å². The van der Waals surface area contributed by atoms with Crippen LogP contribution in [0.5, 0.6) is 0 Å². The molecule has 0 aliphatic heterocycles. The van der Waals surface area contributed by atoms with Crippen molar-refractivity contribution in [2.45, 2.75) is 6.92 Å². The maximum atomic E-state index is 11.1. The van der Waals surface area contributed by atoms with Gasteiger partial charge in [-0.15, -0.1) is 0 Å². The van der Waals surface area contributed by atoms with Gasteiger partial charge in [-0.05, 0) is 5.92 Å². The molecule has 0 aromatic rings. The van der Waals surface area contributed by atoms with Crippen molar-refractivity contribution in [1.29, 1.82) is 0 Å². The highest BCUT2D eigenvalue weighted by atomic mass is 32.2. The molecule has 13 heavy (non-hydrogen) atoms. The molecule has 0 aromatic carbocycles. The lowest BCUT2D eigenvalue weighted by atomic mass is 10.2. The molecule has 0 radical (unpaired) electrons. The molecular weight excluding hydrogens is 192 g/mol. The average molecular weight is 210 g/mol. The van der Waals surface area contributed by atoms with Gasteiger partial charge in [0.15, 0.2) is 0 Å². The van der Waals surface area contributed by atoms with E-state index in [1.165, 1.54) is 0 Å². The molecule has 0 fully saturated rings. The molecule has 6 heteroatoms. The quantitative estimate of drug-likeness (QED) is 0.573. The SMILES string of the molecule is COCC(C)CNS(=O)(=O)CCN. The van der Waals surface area contributed by atoms with Crippen molar-refractivity contribution in [2.24, 2.45) is 11.7 Å². The van der Waals surface area contributed by atoms with Crippen LogP contribution < -0.4 is 10.5 Å². The van der Waals surface area contributed by atoms with Crippen molar-refractivity contribution in [3.63, 3.8) is 0 Å². The predicted octanol–water partition coefficient (Wildman–Crippen LogP) is -0.853. The summed E-state index contributed by atoms with van der Waals surface area (Å²) in [6.45, 7) is 3.00. The summed E-state index contributed by atoms with van der Waals surface area (Å²) in [5.41, 5.74) is 5.14. The van der Waals surface area contributed by atoms with E-state index >= 15 is 0 Å². The Balaban J connectivity index is 3.74. The Kier molecular flexibility index (Phi) is 6.23. The minimum atomic E-state index is -3.18. The highest BCUT2D eigenvalue weighted by molar-refractivity contribution is 7.89. The van der Waals surface area contributed by atoms with E-state index < -0.39 is 10.0 Å². The monoisotopic (exact) mass is 210 g/mol. The van der Waals surface area contributed by atoms with Gasteiger partial charge in [0.1, 0.15) is 0 Å². The van der Waals surface area contributed by atoms with E-state index in [2.05, 4.69) is 4.72 Å². The number of nitrogens with two attached hydrogens (primary N) is 1. The number of ether oxygens (including phenoxy) is 1. The van der Waals surface area contributed by atoms with Crippen molar-refractivity contribution in [3.05, 3.63) is 0 Å². The van der Waals surface area contributed by atoms with Gasteiger partial charge in [0.25, 0.3) is 0 Å². The largest absolute Gasteiger partial charge is 0.384 e. The molecule has 80 valence electrons. The molecule has 0 aromatic heterocycles. The van der Waals surface area contributed by atoms with Crippen molar-refractivity contribution < 1.29 is 13.2 Å². The smallest absolute Gasteiger partial charge is 0.212 e. The standard InChI is InChI=1S/C7H18N2O3S/c1-7(6-12-2)5-9-13(10,11)4-3-8/h7,9H,3-6,8H2,1-2H3. The third-order valence-corrected chi connectivity index (χ3v) is 2.87. The maximum Gasteiger partial charge on any atom is 0.212 e. The number of sulfonamides is 1. The zero-order chi connectivity index (χ0) is 10.3. The van der Waals surface area contributed by atoms with Crippen LogP contribution in [-0.4, -0.2) is 41.0 Å². The number of rotatable bonds is 7. The summed E-state index contributed by atoms with van der Waals surface area (Å²) in [6, 6.07) is 0. The number of nitrogens with one attached hydrogen (secondary N) is 1. The average Bonchev–Trinajstić information content (AvgIpc) is 2.02. The molecule has 0 aliphatic carbocycles. The second-order valence-electron chi connectivity index (χ2n) is 3.02. The van der Waals surface area contributed by atoms with E-state index in [4.69, 9.17) is 10.5 Å². The Hall–Kier alpha value is -0.170. The molecule has 0 spiro atoms. The minimum Gasteiger partial charge on any atom is -0.384 e. The molecule has 0 amide bonds. The number of methoxy groups -OCH3 is 1. The molecule has 0 bridgehead atoms. The fraction of sp³-hybridized carbons (Fsp3) is 1.00. The lowest BCUT2D eigenvalue weighted by Gasteiger charge is -2.11. The van der Waals surface area contributed by atoms with Crippen molar-refractivity contribution >= 4 is 10.0 Å². The zero-order valence-electron chi connectivity index (χ0n) is 8.12. The van der Waals surface area contributed by atoms with Crippen LogP contribution in [0.25, 0.3) is 0 Å². The molecular formula is C7H18N2O3S. The lowest BCUT2D eigenvalue weighted by Crippen LogP contribution is -2.33. The minimum absolute atomic E-state index is 0.0211. The van der Waals surface area contributed by atoms with Crippen LogP contribution in [0, 0.1) is 5.92 Å². The lowest BCUT2D eigenvalue weighted by molar-refractivity contribution is 0.161. The van der Waals surface area contributed by atoms with E-state index in [0.717, 1.165) is 0 Å². The molecule has 3 N–H and O–H groups in total. The Bertz CT molecular complexity index is 216. The first-order valence-electron chi connectivity index (χ1n) is 4.18. The first kappa shape index (κ1) is 12.8. The number of hydrogen-bond acceptors (Lipinski definition) is 4. The molecule has 0 heterocycles. The van der Waals surface area contributed by atoms with E-state index in [1.807, 2.05) is 6.92 Å². The first-order chi connectivity index (χ1) is 6.02. The third-order valence-electron chi connectivity index (χ3n) is 1.49. The Labute approximate surface area is 79.7 Å². The van der Waals surface area contributed by atoms with Gasteiger partial charge >= 0.3 is 0 Å². The second kappa shape index (κ2) is 6.31. The number of hydrogen-bond donors (Lipinski definition) is 2. The molecule has 0 rings (SSSR count). The molecule has 0 aliphatic rings. The van der Waals surface area contributed by atoms with Gasteiger partial charge in [0.2, 0.25) is 10.0 Å². The van der Waals surface area contributed by atoms with E-state index in [0.29, 0.717) is 13.2 Å². The van der Waals surface area contributed by atoms with Crippen LogP contribution in [0.3, 0.4) is 0 Å². The van der Waals surface area contributed by atoms with E-state index in [-0.39, 0.29) is 18.2 Å². The third kappa shape index (κ3) is 6.94. The molecule has 1 unspecified atom stereocenters. The molecule has 1 atom stereocenters. The summed E-state index contributed by atoms with van der Waals surface area (Å²) in [4.78, 5) is 0. The van der Waals surface area contributed by atoms with Gasteiger partial charge in [-0.1, -0.05) is 6.92 Å². The van der Waals surface area contributed by atoms with Crippen LogP contribution in [0.2, 0.25) is 0 Å². The summed E-state index contributed by atoms with van der Waals surface area (Å²) < 4.78 is 29.5. The summed E-state index contributed by atoms with van der Waals surface area (Å²) >= 11 is 0. The Morgan fingerprint density at radius 1 is 1.54 bits per heavy atom. The molecule has 0 saturated carbocycles. The van der Waals surface area contributed by atoms with Crippen molar-refractivity contribution in [3.8, 4) is 0 Å². The van der Waals surface area contributed by atoms with E-state index in [1.54, 1.807) is 7.11 Å². The molecule has 5 nitrogen and oxygen atoms in total. The second-order valence-corrected chi connectivity index (χ2v) is 4.94. The van der Waals surface area contributed by atoms with Crippen LogP contribution in [0.15, 0.2) is 0 Å². The van der Waals surface area contributed by atoms with Crippen LogP contribution in [0.4, 0.5) is 0 Å². The molecule has 0 saturated heterocycles. The van der Waals surface area contributed by atoms with Gasteiger partial charge in [-0.2, -0.15) is 0 Å². The predicted molar refractivity (Wildman–Crippen MR) is 51.9 cm³/mol. The summed E-state index contributed by atoms with van der Waals surface area (Å²) in [7, 11) is -1.59. The zero-order valence-corrected chi connectivity index (χ0v) is 8.93. The topological polar surface area (TPSA) is 81.4 Å².